The number of rotatable bonds is 3. The van der Waals surface area contributed by atoms with E-state index in [0.29, 0.717) is 5.02 Å². The van der Waals surface area contributed by atoms with Gasteiger partial charge in [-0.2, -0.15) is 5.10 Å². The Balaban J connectivity index is 1.78. The number of hydrogen-bond donors (Lipinski definition) is 0. The van der Waals surface area contributed by atoms with Crippen LogP contribution >= 0.6 is 11.6 Å². The van der Waals surface area contributed by atoms with E-state index in [9.17, 15) is 4.79 Å². The molecule has 0 aliphatic carbocycles. The summed E-state index contributed by atoms with van der Waals surface area (Å²) in [6.07, 6.45) is 8.70. The highest BCUT2D eigenvalue weighted by atomic mass is 35.5. The lowest BCUT2D eigenvalue weighted by Crippen LogP contribution is -2.40. The Morgan fingerprint density at radius 1 is 1.26 bits per heavy atom. The first-order valence-electron chi connectivity index (χ1n) is 7.67. The van der Waals surface area contributed by atoms with Gasteiger partial charge < -0.3 is 9.80 Å². The Hall–Kier alpha value is -2.08. The number of aromatic nitrogens is 3. The van der Waals surface area contributed by atoms with Gasteiger partial charge in [0, 0.05) is 45.5 Å². The Kier molecular flexibility index (Phi) is 4.52. The number of halogens is 1. The van der Waals surface area contributed by atoms with Gasteiger partial charge in [0.2, 0.25) is 5.91 Å². The van der Waals surface area contributed by atoms with Crippen LogP contribution < -0.4 is 4.90 Å². The molecule has 1 aliphatic rings. The van der Waals surface area contributed by atoms with E-state index in [2.05, 4.69) is 15.0 Å². The maximum absolute atomic E-state index is 12.1. The van der Waals surface area contributed by atoms with Crippen LogP contribution in [0.1, 0.15) is 12.8 Å². The van der Waals surface area contributed by atoms with E-state index < -0.39 is 0 Å². The van der Waals surface area contributed by atoms with Crippen LogP contribution in [0, 0.1) is 5.92 Å². The van der Waals surface area contributed by atoms with Gasteiger partial charge >= 0.3 is 0 Å². The van der Waals surface area contributed by atoms with Gasteiger partial charge in [-0.3, -0.25) is 9.78 Å². The van der Waals surface area contributed by atoms with Gasteiger partial charge in [-0.1, -0.05) is 11.6 Å². The van der Waals surface area contributed by atoms with Crippen LogP contribution in [0.2, 0.25) is 5.02 Å². The molecule has 0 unspecified atom stereocenters. The molecule has 23 heavy (non-hydrogen) atoms. The third-order valence-corrected chi connectivity index (χ3v) is 4.40. The first-order chi connectivity index (χ1) is 11.1. The van der Waals surface area contributed by atoms with Crippen molar-refractivity contribution in [2.45, 2.75) is 12.8 Å². The van der Waals surface area contributed by atoms with Crippen LogP contribution in [-0.2, 0) is 4.79 Å². The minimum atomic E-state index is 0.112. The zero-order chi connectivity index (χ0) is 16.4. The molecule has 3 heterocycles. The number of amides is 1. The minimum Gasteiger partial charge on any atom is -0.368 e. The summed E-state index contributed by atoms with van der Waals surface area (Å²) in [5, 5.41) is 4.88. The van der Waals surface area contributed by atoms with E-state index in [4.69, 9.17) is 11.6 Å². The molecule has 0 atom stereocenters. The zero-order valence-electron chi connectivity index (χ0n) is 13.3. The quantitative estimate of drug-likeness (QED) is 0.864. The second kappa shape index (κ2) is 6.58. The fourth-order valence-electron chi connectivity index (χ4n) is 2.98. The molecule has 122 valence electrons. The second-order valence-electron chi connectivity index (χ2n) is 5.96. The highest BCUT2D eigenvalue weighted by molar-refractivity contribution is 6.30. The van der Waals surface area contributed by atoms with E-state index in [1.807, 2.05) is 26.4 Å². The van der Waals surface area contributed by atoms with Crippen molar-refractivity contribution < 1.29 is 4.79 Å². The summed E-state index contributed by atoms with van der Waals surface area (Å²) in [4.78, 5) is 20.3. The standard InChI is InChI=1S/C16H20ClN5O/c1-20(2)16(23)12-4-7-21(8-5-12)15-10-18-6-3-14(15)22-11-13(17)9-19-22/h3,6,9-12H,4-5,7-8H2,1-2H3. The number of hydrogen-bond acceptors (Lipinski definition) is 4. The topological polar surface area (TPSA) is 54.3 Å². The average Bonchev–Trinajstić information content (AvgIpc) is 3.00. The molecule has 1 amide bonds. The lowest BCUT2D eigenvalue weighted by atomic mass is 9.95. The fraction of sp³-hybridized carbons (Fsp3) is 0.438. The van der Waals surface area contributed by atoms with E-state index in [0.717, 1.165) is 37.3 Å². The van der Waals surface area contributed by atoms with Crippen molar-refractivity contribution in [2.75, 3.05) is 32.1 Å². The number of pyridine rings is 1. The van der Waals surface area contributed by atoms with Crippen molar-refractivity contribution in [1.82, 2.24) is 19.7 Å². The molecule has 3 rings (SSSR count). The van der Waals surface area contributed by atoms with E-state index in [1.165, 1.54) is 0 Å². The molecule has 0 bridgehead atoms. The molecule has 1 saturated heterocycles. The first kappa shape index (κ1) is 15.8. The third-order valence-electron chi connectivity index (χ3n) is 4.20. The van der Waals surface area contributed by atoms with Crippen LogP contribution in [0.3, 0.4) is 0 Å². The van der Waals surface area contributed by atoms with Gasteiger partial charge in [0.15, 0.2) is 0 Å². The van der Waals surface area contributed by atoms with Crippen molar-refractivity contribution >= 4 is 23.2 Å². The van der Waals surface area contributed by atoms with Crippen LogP contribution in [0.4, 0.5) is 5.69 Å². The molecular formula is C16H20ClN5O. The molecule has 2 aromatic rings. The molecule has 0 N–H and O–H groups in total. The summed E-state index contributed by atoms with van der Waals surface area (Å²) in [5.74, 6) is 0.329. The van der Waals surface area contributed by atoms with Crippen LogP contribution in [0.5, 0.6) is 0 Å². The summed E-state index contributed by atoms with van der Waals surface area (Å²) < 4.78 is 1.76. The molecule has 6 nitrogen and oxygen atoms in total. The van der Waals surface area contributed by atoms with Gasteiger partial charge in [0.25, 0.3) is 0 Å². The molecule has 2 aromatic heterocycles. The van der Waals surface area contributed by atoms with Gasteiger partial charge in [-0.25, -0.2) is 4.68 Å². The lowest BCUT2D eigenvalue weighted by Gasteiger charge is -2.34. The highest BCUT2D eigenvalue weighted by Gasteiger charge is 2.27. The molecule has 0 saturated carbocycles. The predicted octanol–water partition coefficient (Wildman–Crippen LogP) is 2.23. The molecular weight excluding hydrogens is 314 g/mol. The Morgan fingerprint density at radius 3 is 2.61 bits per heavy atom. The van der Waals surface area contributed by atoms with Crippen molar-refractivity contribution in [3.63, 3.8) is 0 Å². The van der Waals surface area contributed by atoms with Crippen molar-refractivity contribution in [3.05, 3.63) is 35.9 Å². The van der Waals surface area contributed by atoms with E-state index in [1.54, 1.807) is 28.2 Å². The molecule has 1 fully saturated rings. The van der Waals surface area contributed by atoms with E-state index >= 15 is 0 Å². The van der Waals surface area contributed by atoms with Crippen LogP contribution in [0.25, 0.3) is 5.69 Å². The van der Waals surface area contributed by atoms with Crippen molar-refractivity contribution in [3.8, 4) is 5.69 Å². The minimum absolute atomic E-state index is 0.112. The van der Waals surface area contributed by atoms with Gasteiger partial charge in [-0.15, -0.1) is 0 Å². The third kappa shape index (κ3) is 3.32. The zero-order valence-corrected chi connectivity index (χ0v) is 14.1. The maximum Gasteiger partial charge on any atom is 0.225 e. The Labute approximate surface area is 140 Å². The number of nitrogens with zero attached hydrogens (tertiary/aromatic N) is 5. The molecule has 0 radical (unpaired) electrons. The van der Waals surface area contributed by atoms with Gasteiger partial charge in [0.1, 0.15) is 0 Å². The Morgan fingerprint density at radius 2 is 2.00 bits per heavy atom. The van der Waals surface area contributed by atoms with E-state index in [-0.39, 0.29) is 11.8 Å². The molecule has 0 spiro atoms. The molecule has 0 aromatic carbocycles. The lowest BCUT2D eigenvalue weighted by molar-refractivity contribution is -0.133. The molecule has 7 heteroatoms. The first-order valence-corrected chi connectivity index (χ1v) is 8.04. The van der Waals surface area contributed by atoms with Crippen molar-refractivity contribution in [1.29, 1.82) is 0 Å². The highest BCUT2D eigenvalue weighted by Crippen LogP contribution is 2.28. The number of carbonyl (C=O) groups excluding carboxylic acids is 1. The van der Waals surface area contributed by atoms with Gasteiger partial charge in [-0.05, 0) is 18.9 Å². The average molecular weight is 334 g/mol. The summed E-state index contributed by atoms with van der Waals surface area (Å²) in [6, 6.07) is 1.93. The largest absolute Gasteiger partial charge is 0.368 e. The SMILES string of the molecule is CN(C)C(=O)C1CCN(c2cnccc2-n2cc(Cl)cn2)CC1. The smallest absolute Gasteiger partial charge is 0.225 e. The van der Waals surface area contributed by atoms with Crippen LogP contribution in [-0.4, -0.2) is 52.8 Å². The normalized spacial score (nSPS) is 15.7. The monoisotopic (exact) mass is 333 g/mol. The Bertz CT molecular complexity index is 691. The second-order valence-corrected chi connectivity index (χ2v) is 6.40. The summed E-state index contributed by atoms with van der Waals surface area (Å²) in [6.45, 7) is 1.66. The maximum atomic E-state index is 12.1. The summed E-state index contributed by atoms with van der Waals surface area (Å²) >= 11 is 5.98. The van der Waals surface area contributed by atoms with Gasteiger partial charge in [0.05, 0.1) is 28.8 Å². The summed E-state index contributed by atoms with van der Waals surface area (Å²) in [5.41, 5.74) is 1.97. The number of anilines is 1. The van der Waals surface area contributed by atoms with Crippen molar-refractivity contribution in [2.24, 2.45) is 5.92 Å². The molecule has 1 aliphatic heterocycles. The predicted molar refractivity (Wildman–Crippen MR) is 90.0 cm³/mol. The van der Waals surface area contributed by atoms with Crippen LogP contribution in [0.15, 0.2) is 30.9 Å². The number of piperidine rings is 1. The summed E-state index contributed by atoms with van der Waals surface area (Å²) in [7, 11) is 3.63. The number of carbonyl (C=O) groups is 1. The fourth-order valence-corrected chi connectivity index (χ4v) is 3.12.